The van der Waals surface area contributed by atoms with Gasteiger partial charge in [-0.3, -0.25) is 0 Å². The van der Waals surface area contributed by atoms with Crippen LogP contribution in [0.5, 0.6) is 11.5 Å². The van der Waals surface area contributed by atoms with E-state index in [0.29, 0.717) is 65.1 Å². The van der Waals surface area contributed by atoms with Crippen molar-refractivity contribution in [3.63, 3.8) is 0 Å². The van der Waals surface area contributed by atoms with Gasteiger partial charge in [0.25, 0.3) is 0 Å². The van der Waals surface area contributed by atoms with Crippen molar-refractivity contribution in [2.24, 2.45) is 0 Å². The lowest BCUT2D eigenvalue weighted by atomic mass is 9.96. The van der Waals surface area contributed by atoms with E-state index in [-0.39, 0.29) is 11.7 Å². The molecule has 0 amide bonds. The molecule has 3 aromatic heterocycles. The number of ether oxygens (including phenoxy) is 6. The lowest BCUT2D eigenvalue weighted by molar-refractivity contribution is -0.271. The second kappa shape index (κ2) is 13.0. The minimum absolute atomic E-state index is 0.00876. The Balaban J connectivity index is 0.954. The second-order valence-electron chi connectivity index (χ2n) is 15.0. The van der Waals surface area contributed by atoms with Gasteiger partial charge in [0, 0.05) is 23.6 Å². The lowest BCUT2D eigenvalue weighted by Crippen LogP contribution is -2.40. The third-order valence-electron chi connectivity index (χ3n) is 10.3. The van der Waals surface area contributed by atoms with Crippen LogP contribution in [0.25, 0.3) is 38.7 Å². The van der Waals surface area contributed by atoms with Crippen molar-refractivity contribution >= 4 is 38.7 Å². The fraction of sp³-hybridized carbons (Fsp3) is 0.405. The molecule has 52 heavy (non-hydrogen) atoms. The smallest absolute Gasteiger partial charge is 0.354 e. The van der Waals surface area contributed by atoms with Crippen LogP contribution in [0.2, 0.25) is 0 Å². The SMILES string of the molecule is CC(=CCOC1=CC2(Oc3cc4occc4cc31)OC(CCC(C)=CCOc1c3ccoc3cc3oc(=O)ccc13)C(C)(C)O2)CCC1OC1(C)C. The predicted molar refractivity (Wildman–Crippen MR) is 196 cm³/mol. The molecule has 10 heteroatoms. The van der Waals surface area contributed by atoms with Crippen LogP contribution in [0.15, 0.2) is 102 Å². The van der Waals surface area contributed by atoms with E-state index in [9.17, 15) is 4.79 Å². The zero-order valence-electron chi connectivity index (χ0n) is 30.4. The molecule has 0 saturated carbocycles. The third kappa shape index (κ3) is 6.78. The minimum atomic E-state index is -1.47. The van der Waals surface area contributed by atoms with Gasteiger partial charge in [0.15, 0.2) is 0 Å². The molecular formula is C42H44O10. The average molecular weight is 709 g/mol. The van der Waals surface area contributed by atoms with Crippen LogP contribution >= 0.6 is 0 Å². The highest BCUT2D eigenvalue weighted by atomic mass is 16.9. The van der Waals surface area contributed by atoms with Crippen molar-refractivity contribution in [1.82, 2.24) is 0 Å². The summed E-state index contributed by atoms with van der Waals surface area (Å²) in [5.41, 5.74) is 3.80. The second-order valence-corrected chi connectivity index (χ2v) is 15.0. The molecule has 3 unspecified atom stereocenters. The number of furan rings is 2. The molecule has 2 aromatic carbocycles. The Morgan fingerprint density at radius 2 is 1.44 bits per heavy atom. The van der Waals surface area contributed by atoms with Crippen LogP contribution in [-0.2, 0) is 18.9 Å². The van der Waals surface area contributed by atoms with E-state index in [0.717, 1.165) is 41.2 Å². The van der Waals surface area contributed by atoms with E-state index in [4.69, 9.17) is 41.7 Å². The Hall–Kier alpha value is -4.77. The van der Waals surface area contributed by atoms with Gasteiger partial charge in [0.2, 0.25) is 0 Å². The highest BCUT2D eigenvalue weighted by molar-refractivity contribution is 6.01. The monoisotopic (exact) mass is 708 g/mol. The van der Waals surface area contributed by atoms with Gasteiger partial charge in [0.05, 0.1) is 58.3 Å². The predicted octanol–water partition coefficient (Wildman–Crippen LogP) is 9.59. The van der Waals surface area contributed by atoms with Crippen molar-refractivity contribution in [1.29, 1.82) is 0 Å². The molecule has 0 radical (unpaired) electrons. The van der Waals surface area contributed by atoms with E-state index in [2.05, 4.69) is 33.8 Å². The lowest BCUT2D eigenvalue weighted by Gasteiger charge is -2.32. The molecule has 2 saturated heterocycles. The summed E-state index contributed by atoms with van der Waals surface area (Å²) in [4.78, 5) is 11.8. The number of allylic oxidation sites excluding steroid dienone is 2. The number of hydrogen-bond donors (Lipinski definition) is 0. The van der Waals surface area contributed by atoms with Gasteiger partial charge >= 0.3 is 11.6 Å². The Bertz CT molecular complexity index is 2300. The maximum Gasteiger partial charge on any atom is 0.354 e. The molecule has 8 rings (SSSR count). The minimum Gasteiger partial charge on any atom is -0.489 e. The molecule has 0 bridgehead atoms. The molecule has 0 aliphatic carbocycles. The number of fused-ring (bicyclic) bond motifs is 4. The number of benzene rings is 2. The largest absolute Gasteiger partial charge is 0.489 e. The number of epoxide rings is 1. The summed E-state index contributed by atoms with van der Waals surface area (Å²) in [7, 11) is 0. The molecule has 6 heterocycles. The molecule has 0 N–H and O–H groups in total. The molecule has 3 atom stereocenters. The number of rotatable bonds is 12. The first-order valence-corrected chi connectivity index (χ1v) is 17.9. The van der Waals surface area contributed by atoms with Gasteiger partial charge in [-0.05, 0) is 104 Å². The van der Waals surface area contributed by atoms with Gasteiger partial charge < -0.3 is 41.7 Å². The number of hydrogen-bond acceptors (Lipinski definition) is 10. The highest BCUT2D eigenvalue weighted by Crippen LogP contribution is 2.48. The summed E-state index contributed by atoms with van der Waals surface area (Å²) >= 11 is 0. The van der Waals surface area contributed by atoms with Crippen LogP contribution in [0.4, 0.5) is 0 Å². The summed E-state index contributed by atoms with van der Waals surface area (Å²) in [5.74, 6) is 0.338. The Kier molecular flexibility index (Phi) is 8.59. The van der Waals surface area contributed by atoms with Crippen molar-refractivity contribution < 1.29 is 41.7 Å². The fourth-order valence-electron chi connectivity index (χ4n) is 7.09. The Labute approximate surface area is 301 Å². The van der Waals surface area contributed by atoms with Gasteiger partial charge in [0.1, 0.15) is 47.2 Å². The summed E-state index contributed by atoms with van der Waals surface area (Å²) in [6.07, 6.45) is 12.6. The molecule has 2 fully saturated rings. The maximum atomic E-state index is 11.8. The Morgan fingerprint density at radius 3 is 2.19 bits per heavy atom. The van der Waals surface area contributed by atoms with E-state index in [1.54, 1.807) is 24.7 Å². The van der Waals surface area contributed by atoms with Gasteiger partial charge in [-0.2, -0.15) is 0 Å². The van der Waals surface area contributed by atoms with E-state index in [1.807, 2.05) is 50.3 Å². The van der Waals surface area contributed by atoms with Crippen LogP contribution in [-0.4, -0.2) is 42.6 Å². The molecule has 10 nitrogen and oxygen atoms in total. The highest BCUT2D eigenvalue weighted by Gasteiger charge is 2.55. The van der Waals surface area contributed by atoms with E-state index >= 15 is 0 Å². The van der Waals surface area contributed by atoms with Crippen molar-refractivity contribution in [2.75, 3.05) is 13.2 Å². The van der Waals surface area contributed by atoms with Crippen LogP contribution < -0.4 is 15.1 Å². The molecule has 5 aromatic rings. The van der Waals surface area contributed by atoms with Crippen LogP contribution in [0.1, 0.15) is 72.8 Å². The molecule has 1 spiro atoms. The summed E-state index contributed by atoms with van der Waals surface area (Å²) in [6.45, 7) is 13.2. The first-order chi connectivity index (χ1) is 24.9. The molecule has 3 aliphatic heterocycles. The zero-order chi connectivity index (χ0) is 36.3. The van der Waals surface area contributed by atoms with Crippen molar-refractivity contribution in [3.05, 3.63) is 100 Å². The van der Waals surface area contributed by atoms with E-state index < -0.39 is 17.2 Å². The molecule has 3 aliphatic rings. The summed E-state index contributed by atoms with van der Waals surface area (Å²) in [5, 5.41) is 2.47. The molecule has 272 valence electrons. The normalized spacial score (nSPS) is 23.6. The summed E-state index contributed by atoms with van der Waals surface area (Å²) in [6, 6.07) is 12.5. The summed E-state index contributed by atoms with van der Waals surface area (Å²) < 4.78 is 54.8. The first-order valence-electron chi connectivity index (χ1n) is 17.9. The maximum absolute atomic E-state index is 11.8. The van der Waals surface area contributed by atoms with Gasteiger partial charge in [-0.15, -0.1) is 0 Å². The van der Waals surface area contributed by atoms with Crippen molar-refractivity contribution in [2.45, 2.75) is 96.6 Å². The standard InChI is InChI=1S/C42H44O10/c1-25(7-10-36-40(3,4)50-36)13-17-46-35-24-42(49-34-22-31-27(15-19-44-31)21-30(34)35)51-37(41(5,6)52-42)11-8-26(2)14-18-47-39-28-9-12-38(43)48-33(28)23-32-29(39)16-20-45-32/h9,12-16,19-24,36-37H,7-8,10-11,17-18H2,1-6H3. The van der Waals surface area contributed by atoms with Crippen LogP contribution in [0, 0.1) is 0 Å². The molecular weight excluding hydrogens is 664 g/mol. The van der Waals surface area contributed by atoms with Crippen molar-refractivity contribution in [3.8, 4) is 11.5 Å². The van der Waals surface area contributed by atoms with Gasteiger partial charge in [-0.25, -0.2) is 4.79 Å². The fourth-order valence-corrected chi connectivity index (χ4v) is 7.09. The topological polar surface area (TPSA) is 115 Å². The third-order valence-corrected chi connectivity index (χ3v) is 10.3. The quantitative estimate of drug-likeness (QED) is 0.0705. The first kappa shape index (κ1) is 34.3. The zero-order valence-corrected chi connectivity index (χ0v) is 30.4. The van der Waals surface area contributed by atoms with E-state index in [1.165, 1.54) is 11.6 Å². The average Bonchev–Trinajstić information content (AvgIpc) is 3.48. The van der Waals surface area contributed by atoms with Gasteiger partial charge in [-0.1, -0.05) is 11.1 Å². The van der Waals surface area contributed by atoms with Crippen LogP contribution in [0.3, 0.4) is 0 Å². The Morgan fingerprint density at radius 1 is 0.769 bits per heavy atom.